The van der Waals surface area contributed by atoms with Crippen LogP contribution in [0.2, 0.25) is 0 Å². The molecule has 3 heterocycles. The normalized spacial score (nSPS) is 13.5. The largest absolute Gasteiger partial charge is 0.276 e. The van der Waals surface area contributed by atoms with Crippen molar-refractivity contribution in [2.24, 2.45) is 0 Å². The van der Waals surface area contributed by atoms with Crippen LogP contribution in [0.25, 0.3) is 60.7 Å². The first-order chi connectivity index (χ1) is 17.3. The smallest absolute Gasteiger partial charge is 0.147 e. The van der Waals surface area contributed by atoms with Gasteiger partial charge in [-0.3, -0.25) is 4.40 Å². The second-order valence-corrected chi connectivity index (χ2v) is 9.82. The van der Waals surface area contributed by atoms with E-state index in [2.05, 4.69) is 83.3 Å². The molecule has 2 aliphatic rings. The zero-order valence-corrected chi connectivity index (χ0v) is 18.9. The molecule has 0 aliphatic heterocycles. The van der Waals surface area contributed by atoms with Gasteiger partial charge in [-0.15, -0.1) is 0 Å². The molecule has 0 N–H and O–H groups in total. The van der Waals surface area contributed by atoms with Crippen molar-refractivity contribution in [1.29, 1.82) is 0 Å². The van der Waals surface area contributed by atoms with Crippen LogP contribution in [0.3, 0.4) is 0 Å². The van der Waals surface area contributed by atoms with Gasteiger partial charge in [-0.1, -0.05) is 48.5 Å². The Morgan fingerprint density at radius 1 is 0.571 bits per heavy atom. The molecule has 7 aromatic rings. The monoisotopic (exact) mass is 445 g/mol. The van der Waals surface area contributed by atoms with Crippen molar-refractivity contribution in [3.63, 3.8) is 0 Å². The summed E-state index contributed by atoms with van der Waals surface area (Å²) in [7, 11) is 0. The quantitative estimate of drug-likeness (QED) is 0.229. The van der Waals surface area contributed by atoms with Crippen LogP contribution in [0.1, 0.15) is 22.3 Å². The maximum atomic E-state index is 5.08. The summed E-state index contributed by atoms with van der Waals surface area (Å²) in [5, 5.41) is 3.61. The van der Waals surface area contributed by atoms with Crippen LogP contribution in [0.4, 0.5) is 0 Å². The third kappa shape index (κ3) is 2.17. The summed E-state index contributed by atoms with van der Waals surface area (Å²) >= 11 is 0. The molecule has 0 saturated carbocycles. The third-order valence-corrected chi connectivity index (χ3v) is 8.10. The highest BCUT2D eigenvalue weighted by Gasteiger charge is 2.28. The minimum atomic E-state index is 0.968. The fraction of sp³-hybridized carbons (Fsp3) is 0.0625. The first-order valence-electron chi connectivity index (χ1n) is 12.2. The van der Waals surface area contributed by atoms with Crippen LogP contribution in [0, 0.1) is 0 Å². The molecule has 0 spiro atoms. The molecule has 0 unspecified atom stereocenters. The van der Waals surface area contributed by atoms with Crippen LogP contribution in [-0.4, -0.2) is 14.4 Å². The minimum absolute atomic E-state index is 0.968. The lowest BCUT2D eigenvalue weighted by Gasteiger charge is -2.11. The number of pyridine rings is 2. The van der Waals surface area contributed by atoms with Crippen LogP contribution in [0.15, 0.2) is 91.1 Å². The Hall–Kier alpha value is -4.50. The first kappa shape index (κ1) is 17.9. The molecular formula is C32H19N3. The lowest BCUT2D eigenvalue weighted by molar-refractivity contribution is 1.16. The molecule has 9 rings (SSSR count). The van der Waals surface area contributed by atoms with Gasteiger partial charge < -0.3 is 0 Å². The Balaban J connectivity index is 1.38. The maximum Gasteiger partial charge on any atom is 0.147 e. The summed E-state index contributed by atoms with van der Waals surface area (Å²) in [4.78, 5) is 9.89. The van der Waals surface area contributed by atoms with E-state index in [4.69, 9.17) is 9.97 Å². The molecular weight excluding hydrogens is 426 g/mol. The molecule has 0 amide bonds. The number of hydrogen-bond donors (Lipinski definition) is 0. The molecule has 0 radical (unpaired) electrons. The molecule has 2 aliphatic carbocycles. The lowest BCUT2D eigenvalue weighted by Crippen LogP contribution is -1.95. The van der Waals surface area contributed by atoms with Gasteiger partial charge >= 0.3 is 0 Å². The number of aromatic nitrogens is 3. The van der Waals surface area contributed by atoms with Crippen molar-refractivity contribution in [1.82, 2.24) is 14.4 Å². The summed E-state index contributed by atoms with van der Waals surface area (Å²) in [6.07, 6.45) is 3.90. The van der Waals surface area contributed by atoms with Crippen molar-refractivity contribution in [3.05, 3.63) is 113 Å². The highest BCUT2D eigenvalue weighted by molar-refractivity contribution is 6.14. The predicted octanol–water partition coefficient (Wildman–Crippen LogP) is 7.33. The number of hydrogen-bond acceptors (Lipinski definition) is 2. The zero-order valence-electron chi connectivity index (χ0n) is 18.9. The van der Waals surface area contributed by atoms with Crippen molar-refractivity contribution in [2.75, 3.05) is 0 Å². The highest BCUT2D eigenvalue weighted by Crippen LogP contribution is 2.48. The van der Waals surface area contributed by atoms with E-state index in [1.54, 1.807) is 0 Å². The molecule has 35 heavy (non-hydrogen) atoms. The van der Waals surface area contributed by atoms with E-state index in [-0.39, 0.29) is 0 Å². The SMILES string of the molecule is c1ccc2c(c1)Cc1c-2ccc2c1Cc1cc3c4cccnc4n4c5ccccc5nc4c3cc1-2. The Bertz CT molecular complexity index is 2060. The van der Waals surface area contributed by atoms with Crippen LogP contribution >= 0.6 is 0 Å². The fourth-order valence-electron chi connectivity index (χ4n) is 6.58. The van der Waals surface area contributed by atoms with Gasteiger partial charge in [-0.2, -0.15) is 0 Å². The van der Waals surface area contributed by atoms with Crippen molar-refractivity contribution in [2.45, 2.75) is 12.8 Å². The summed E-state index contributed by atoms with van der Waals surface area (Å²) in [5.74, 6) is 0. The number of imidazole rings is 1. The standard InChI is InChI=1S/C32H19N3/c1-2-7-20-18(6-1)14-25-21(20)11-12-22-24-17-28-27(16-19(24)15-26(22)25)23-8-5-13-33-31(23)35-30-10-4-3-9-29(30)34-32(28)35/h1-13,16-17H,14-15H2. The molecule has 0 bridgehead atoms. The number of para-hydroxylation sites is 2. The van der Waals surface area contributed by atoms with Gasteiger partial charge in [-0.05, 0) is 99.1 Å². The molecule has 162 valence electrons. The van der Waals surface area contributed by atoms with Gasteiger partial charge in [0.1, 0.15) is 11.3 Å². The van der Waals surface area contributed by atoms with Gasteiger partial charge in [0.25, 0.3) is 0 Å². The first-order valence-corrected chi connectivity index (χ1v) is 12.2. The summed E-state index contributed by atoms with van der Waals surface area (Å²) in [6, 6.07) is 30.9. The Labute approximate surface area is 201 Å². The maximum absolute atomic E-state index is 5.08. The average Bonchev–Trinajstić information content (AvgIpc) is 3.59. The van der Waals surface area contributed by atoms with Gasteiger partial charge in [-0.25, -0.2) is 9.97 Å². The topological polar surface area (TPSA) is 30.2 Å². The number of fused-ring (bicyclic) bond motifs is 15. The molecule has 0 saturated heterocycles. The van der Waals surface area contributed by atoms with E-state index >= 15 is 0 Å². The fourth-order valence-corrected chi connectivity index (χ4v) is 6.58. The number of benzene rings is 4. The second-order valence-electron chi connectivity index (χ2n) is 9.82. The van der Waals surface area contributed by atoms with E-state index in [0.717, 1.165) is 35.2 Å². The predicted molar refractivity (Wildman–Crippen MR) is 142 cm³/mol. The van der Waals surface area contributed by atoms with Crippen molar-refractivity contribution >= 4 is 38.5 Å². The molecule has 3 nitrogen and oxygen atoms in total. The zero-order chi connectivity index (χ0) is 22.7. The van der Waals surface area contributed by atoms with Gasteiger partial charge in [0.05, 0.1) is 11.0 Å². The summed E-state index contributed by atoms with van der Waals surface area (Å²) < 4.78 is 2.23. The van der Waals surface area contributed by atoms with E-state index in [9.17, 15) is 0 Å². The summed E-state index contributed by atoms with van der Waals surface area (Å²) in [6.45, 7) is 0. The van der Waals surface area contributed by atoms with E-state index in [1.165, 1.54) is 60.7 Å². The minimum Gasteiger partial charge on any atom is -0.276 e. The van der Waals surface area contributed by atoms with Gasteiger partial charge in [0.15, 0.2) is 0 Å². The van der Waals surface area contributed by atoms with Crippen molar-refractivity contribution < 1.29 is 0 Å². The molecule has 0 fully saturated rings. The molecule has 0 atom stereocenters. The Kier molecular flexibility index (Phi) is 3.14. The lowest BCUT2D eigenvalue weighted by atomic mass is 9.96. The van der Waals surface area contributed by atoms with Crippen LogP contribution in [-0.2, 0) is 12.8 Å². The van der Waals surface area contributed by atoms with E-state index in [0.29, 0.717) is 0 Å². The van der Waals surface area contributed by atoms with Gasteiger partial charge in [0, 0.05) is 17.0 Å². The number of rotatable bonds is 0. The van der Waals surface area contributed by atoms with Crippen LogP contribution < -0.4 is 0 Å². The van der Waals surface area contributed by atoms with Crippen LogP contribution in [0.5, 0.6) is 0 Å². The second kappa shape index (κ2) is 6.13. The van der Waals surface area contributed by atoms with E-state index < -0.39 is 0 Å². The molecule has 4 aromatic carbocycles. The average molecular weight is 446 g/mol. The molecule has 3 aromatic heterocycles. The summed E-state index contributed by atoms with van der Waals surface area (Å²) in [5.41, 5.74) is 15.5. The number of nitrogens with zero attached hydrogens (tertiary/aromatic N) is 3. The van der Waals surface area contributed by atoms with Crippen molar-refractivity contribution in [3.8, 4) is 22.3 Å². The van der Waals surface area contributed by atoms with Gasteiger partial charge in [0.2, 0.25) is 0 Å². The van der Waals surface area contributed by atoms with E-state index in [1.807, 2.05) is 12.3 Å². The Morgan fingerprint density at radius 3 is 2.31 bits per heavy atom. The third-order valence-electron chi connectivity index (χ3n) is 8.10. The highest BCUT2D eigenvalue weighted by atomic mass is 15.1. The Morgan fingerprint density at radius 2 is 1.37 bits per heavy atom. The molecule has 3 heteroatoms.